The molecule has 154 valence electrons. The fourth-order valence-electron chi connectivity index (χ4n) is 3.39. The predicted molar refractivity (Wildman–Crippen MR) is 107 cm³/mol. The van der Waals surface area contributed by atoms with E-state index in [1.807, 2.05) is 0 Å². The van der Waals surface area contributed by atoms with Crippen molar-refractivity contribution in [3.05, 3.63) is 33.5 Å². The van der Waals surface area contributed by atoms with Crippen molar-refractivity contribution in [2.75, 3.05) is 23.8 Å². The lowest BCUT2D eigenvalue weighted by Gasteiger charge is -2.19. The van der Waals surface area contributed by atoms with Crippen LogP contribution in [0.4, 0.5) is 16.2 Å². The molecule has 0 saturated carbocycles. The van der Waals surface area contributed by atoms with Gasteiger partial charge in [0.15, 0.2) is 6.61 Å². The fraction of sp³-hybridized carbons (Fsp3) is 0.444. The number of urea groups is 1. The number of aromatic nitrogens is 3. The van der Waals surface area contributed by atoms with Crippen LogP contribution in [0.1, 0.15) is 25.1 Å². The summed E-state index contributed by atoms with van der Waals surface area (Å²) in [6.45, 7) is 1.45. The van der Waals surface area contributed by atoms with Gasteiger partial charge in [0, 0.05) is 32.1 Å². The quantitative estimate of drug-likeness (QED) is 0.634. The van der Waals surface area contributed by atoms with Crippen molar-refractivity contribution in [1.29, 1.82) is 0 Å². The van der Waals surface area contributed by atoms with Crippen molar-refractivity contribution in [3.63, 3.8) is 0 Å². The van der Waals surface area contributed by atoms with Gasteiger partial charge in [-0.2, -0.15) is 5.10 Å². The van der Waals surface area contributed by atoms with Crippen LogP contribution in [0.2, 0.25) is 5.02 Å². The highest BCUT2D eigenvalue weighted by molar-refractivity contribution is 6.34. The lowest BCUT2D eigenvalue weighted by Crippen LogP contribution is -2.32. The van der Waals surface area contributed by atoms with Gasteiger partial charge in [-0.15, -0.1) is 0 Å². The number of benzene rings is 1. The summed E-state index contributed by atoms with van der Waals surface area (Å²) in [6, 6.07) is 2.66. The lowest BCUT2D eigenvalue weighted by molar-refractivity contribution is -0.118. The Balaban J connectivity index is 1.28. The Hall–Kier alpha value is -3.01. The Morgan fingerprint density at radius 3 is 3.00 bits per heavy atom. The van der Waals surface area contributed by atoms with Crippen molar-refractivity contribution >= 4 is 34.9 Å². The Bertz CT molecular complexity index is 1010. The van der Waals surface area contributed by atoms with Crippen LogP contribution < -0.4 is 26.4 Å². The standard InChI is InChI=1S/C18H21ClN6O4/c19-11-8-13-14(29-10-16(26)21-13)9-12(11)22-17(27)20-5-3-7-25-18(28)24-6-2-1-4-15(24)23-25/h8-9H,1-7,10H2,(H,21,26)(H2,20,22,27). The van der Waals surface area contributed by atoms with E-state index in [-0.39, 0.29) is 23.2 Å². The minimum Gasteiger partial charge on any atom is -0.482 e. The number of fused-ring (bicyclic) bond motifs is 2. The molecular formula is C18H21ClN6O4. The lowest BCUT2D eigenvalue weighted by atomic mass is 10.2. The molecule has 29 heavy (non-hydrogen) atoms. The summed E-state index contributed by atoms with van der Waals surface area (Å²) in [4.78, 5) is 35.8. The van der Waals surface area contributed by atoms with Gasteiger partial charge in [-0.05, 0) is 25.3 Å². The van der Waals surface area contributed by atoms with E-state index in [2.05, 4.69) is 21.0 Å². The van der Waals surface area contributed by atoms with E-state index >= 15 is 0 Å². The number of halogens is 1. The SMILES string of the molecule is O=C1COc2cc(NC(=O)NCCCn3nc4n(c3=O)CCCC4)c(Cl)cc2N1. The molecule has 1 aromatic carbocycles. The molecule has 0 fully saturated rings. The minimum absolute atomic E-state index is 0.0860. The third kappa shape index (κ3) is 4.21. The van der Waals surface area contributed by atoms with Crippen molar-refractivity contribution in [2.45, 2.75) is 38.8 Å². The fourth-order valence-corrected chi connectivity index (χ4v) is 3.60. The molecule has 0 unspecified atom stereocenters. The number of ether oxygens (including phenoxy) is 1. The summed E-state index contributed by atoms with van der Waals surface area (Å²) in [5.74, 6) is 1.02. The van der Waals surface area contributed by atoms with Crippen molar-refractivity contribution in [2.24, 2.45) is 0 Å². The molecule has 2 aliphatic rings. The molecular weight excluding hydrogens is 400 g/mol. The van der Waals surface area contributed by atoms with Gasteiger partial charge in [-0.1, -0.05) is 11.6 Å². The monoisotopic (exact) mass is 420 g/mol. The number of hydrogen-bond donors (Lipinski definition) is 3. The number of hydrogen-bond acceptors (Lipinski definition) is 5. The van der Waals surface area contributed by atoms with Gasteiger partial charge in [-0.3, -0.25) is 9.36 Å². The zero-order chi connectivity index (χ0) is 20.4. The average molecular weight is 421 g/mol. The topological polar surface area (TPSA) is 119 Å². The Kier molecular flexibility index (Phi) is 5.43. The largest absolute Gasteiger partial charge is 0.482 e. The smallest absolute Gasteiger partial charge is 0.345 e. The van der Waals surface area contributed by atoms with Crippen LogP contribution in [0.15, 0.2) is 16.9 Å². The van der Waals surface area contributed by atoms with Gasteiger partial charge in [0.25, 0.3) is 5.91 Å². The van der Waals surface area contributed by atoms with E-state index in [0.717, 1.165) is 31.6 Å². The first-order valence-corrected chi connectivity index (χ1v) is 9.86. The van der Waals surface area contributed by atoms with Gasteiger partial charge in [0.05, 0.1) is 16.4 Å². The van der Waals surface area contributed by atoms with E-state index in [4.69, 9.17) is 16.3 Å². The van der Waals surface area contributed by atoms with Gasteiger partial charge >= 0.3 is 11.7 Å². The summed E-state index contributed by atoms with van der Waals surface area (Å²) < 4.78 is 8.52. The number of amides is 3. The molecule has 4 rings (SSSR count). The highest BCUT2D eigenvalue weighted by Gasteiger charge is 2.19. The van der Waals surface area contributed by atoms with Gasteiger partial charge in [-0.25, -0.2) is 14.3 Å². The van der Waals surface area contributed by atoms with E-state index in [9.17, 15) is 14.4 Å². The summed E-state index contributed by atoms with van der Waals surface area (Å²) in [5.41, 5.74) is 0.750. The van der Waals surface area contributed by atoms with E-state index < -0.39 is 6.03 Å². The van der Waals surface area contributed by atoms with Crippen LogP contribution >= 0.6 is 11.6 Å². The van der Waals surface area contributed by atoms with E-state index in [1.165, 1.54) is 10.7 Å². The number of aryl methyl sites for hydroxylation is 2. The molecule has 0 aliphatic carbocycles. The first-order valence-electron chi connectivity index (χ1n) is 9.49. The second-order valence-corrected chi connectivity index (χ2v) is 7.34. The maximum Gasteiger partial charge on any atom is 0.345 e. The summed E-state index contributed by atoms with van der Waals surface area (Å²) >= 11 is 6.16. The van der Waals surface area contributed by atoms with Gasteiger partial charge in [0.1, 0.15) is 11.6 Å². The number of rotatable bonds is 5. The molecule has 3 amide bonds. The Labute approximate surface area is 171 Å². The number of nitrogens with zero attached hydrogens (tertiary/aromatic N) is 3. The maximum absolute atomic E-state index is 12.3. The molecule has 1 aromatic heterocycles. The first-order chi connectivity index (χ1) is 14.0. The minimum atomic E-state index is -0.428. The Morgan fingerprint density at radius 2 is 2.17 bits per heavy atom. The Morgan fingerprint density at radius 1 is 1.31 bits per heavy atom. The highest BCUT2D eigenvalue weighted by Crippen LogP contribution is 2.36. The van der Waals surface area contributed by atoms with Crippen LogP contribution in [-0.4, -0.2) is 39.4 Å². The summed E-state index contributed by atoms with van der Waals surface area (Å²) in [5, 5.41) is 12.7. The molecule has 2 aliphatic heterocycles. The van der Waals surface area contributed by atoms with Crippen LogP contribution in [0.3, 0.4) is 0 Å². The molecule has 0 atom stereocenters. The zero-order valence-corrected chi connectivity index (χ0v) is 16.4. The van der Waals surface area contributed by atoms with Crippen LogP contribution in [0.25, 0.3) is 0 Å². The summed E-state index contributed by atoms with van der Waals surface area (Å²) in [6.07, 6.45) is 3.46. The zero-order valence-electron chi connectivity index (χ0n) is 15.7. The van der Waals surface area contributed by atoms with Crippen molar-refractivity contribution < 1.29 is 14.3 Å². The van der Waals surface area contributed by atoms with Crippen molar-refractivity contribution in [1.82, 2.24) is 19.7 Å². The number of anilines is 2. The molecule has 0 bridgehead atoms. The maximum atomic E-state index is 12.3. The second kappa shape index (κ2) is 8.16. The molecule has 3 N–H and O–H groups in total. The molecule has 11 heteroatoms. The first kappa shape index (κ1) is 19.3. The van der Waals surface area contributed by atoms with Crippen LogP contribution in [-0.2, 0) is 24.3 Å². The highest BCUT2D eigenvalue weighted by atomic mass is 35.5. The second-order valence-electron chi connectivity index (χ2n) is 6.93. The normalized spacial score (nSPS) is 15.0. The van der Waals surface area contributed by atoms with E-state index in [1.54, 1.807) is 10.6 Å². The van der Waals surface area contributed by atoms with Crippen LogP contribution in [0.5, 0.6) is 5.75 Å². The third-order valence-corrected chi connectivity index (χ3v) is 5.13. The molecule has 3 heterocycles. The number of carbonyl (C=O) groups excluding carboxylic acids is 2. The molecule has 10 nitrogen and oxygen atoms in total. The van der Waals surface area contributed by atoms with Gasteiger partial charge in [0.2, 0.25) is 0 Å². The molecule has 2 aromatic rings. The average Bonchev–Trinajstić information content (AvgIpc) is 3.02. The number of carbonyl (C=O) groups is 2. The van der Waals surface area contributed by atoms with E-state index in [0.29, 0.717) is 36.6 Å². The van der Waals surface area contributed by atoms with Gasteiger partial charge < -0.3 is 20.7 Å². The summed E-state index contributed by atoms with van der Waals surface area (Å²) in [7, 11) is 0. The van der Waals surface area contributed by atoms with Crippen LogP contribution in [0, 0.1) is 0 Å². The molecule has 0 radical (unpaired) electrons. The predicted octanol–water partition coefficient (Wildman–Crippen LogP) is 1.58. The van der Waals surface area contributed by atoms with Crippen molar-refractivity contribution in [3.8, 4) is 5.75 Å². The third-order valence-electron chi connectivity index (χ3n) is 4.81. The number of nitrogens with one attached hydrogen (secondary N) is 3. The molecule has 0 saturated heterocycles. The molecule has 0 spiro atoms.